The summed E-state index contributed by atoms with van der Waals surface area (Å²) in [6.45, 7) is 3.85. The molecular formula is C11H17N3O. The summed E-state index contributed by atoms with van der Waals surface area (Å²) in [5.74, 6) is 1.38. The van der Waals surface area contributed by atoms with Crippen molar-refractivity contribution in [3.8, 4) is 5.75 Å². The van der Waals surface area contributed by atoms with Gasteiger partial charge in [-0.2, -0.15) is 0 Å². The molecule has 15 heavy (non-hydrogen) atoms. The second-order valence-electron chi connectivity index (χ2n) is 3.25. The molecule has 4 nitrogen and oxygen atoms in total. The summed E-state index contributed by atoms with van der Waals surface area (Å²) in [5.41, 5.74) is 1.23. The third-order valence-electron chi connectivity index (χ3n) is 1.95. The van der Waals surface area contributed by atoms with Gasteiger partial charge in [0.1, 0.15) is 5.75 Å². The molecule has 0 amide bonds. The SMILES string of the molecule is COc1cccc(C)c1.N=C1NCCN1. The molecule has 82 valence electrons. The van der Waals surface area contributed by atoms with E-state index in [4.69, 9.17) is 10.1 Å². The van der Waals surface area contributed by atoms with Crippen LogP contribution >= 0.6 is 0 Å². The van der Waals surface area contributed by atoms with Crippen molar-refractivity contribution in [2.75, 3.05) is 20.2 Å². The Morgan fingerprint density at radius 3 is 2.27 bits per heavy atom. The molecule has 0 aromatic heterocycles. The van der Waals surface area contributed by atoms with Crippen LogP contribution in [0.3, 0.4) is 0 Å². The molecule has 0 saturated carbocycles. The molecular weight excluding hydrogens is 190 g/mol. The minimum absolute atomic E-state index is 0.454. The van der Waals surface area contributed by atoms with E-state index in [0.29, 0.717) is 5.96 Å². The zero-order valence-electron chi connectivity index (χ0n) is 9.13. The number of guanidine groups is 1. The van der Waals surface area contributed by atoms with Gasteiger partial charge < -0.3 is 15.4 Å². The first-order valence-corrected chi connectivity index (χ1v) is 4.89. The van der Waals surface area contributed by atoms with E-state index >= 15 is 0 Å². The fraction of sp³-hybridized carbons (Fsp3) is 0.364. The van der Waals surface area contributed by atoms with Gasteiger partial charge in [0, 0.05) is 13.1 Å². The molecule has 1 aromatic carbocycles. The van der Waals surface area contributed by atoms with Crippen molar-refractivity contribution in [2.45, 2.75) is 6.92 Å². The zero-order chi connectivity index (χ0) is 11.1. The minimum atomic E-state index is 0.454. The van der Waals surface area contributed by atoms with E-state index < -0.39 is 0 Å². The lowest BCUT2D eigenvalue weighted by Crippen LogP contribution is -2.21. The summed E-state index contributed by atoms with van der Waals surface area (Å²) in [7, 11) is 1.68. The summed E-state index contributed by atoms with van der Waals surface area (Å²) in [5, 5.41) is 12.4. The average molecular weight is 207 g/mol. The highest BCUT2D eigenvalue weighted by molar-refractivity contribution is 5.78. The van der Waals surface area contributed by atoms with Gasteiger partial charge in [0.15, 0.2) is 5.96 Å². The Hall–Kier alpha value is -1.71. The number of ether oxygens (including phenoxy) is 1. The van der Waals surface area contributed by atoms with Gasteiger partial charge >= 0.3 is 0 Å². The van der Waals surface area contributed by atoms with Crippen LogP contribution in [-0.2, 0) is 0 Å². The van der Waals surface area contributed by atoms with Gasteiger partial charge in [-0.25, -0.2) is 0 Å². The maximum Gasteiger partial charge on any atom is 0.188 e. The molecule has 4 heteroatoms. The van der Waals surface area contributed by atoms with Gasteiger partial charge in [-0.1, -0.05) is 12.1 Å². The van der Waals surface area contributed by atoms with Gasteiger partial charge in [0.2, 0.25) is 0 Å². The van der Waals surface area contributed by atoms with Crippen LogP contribution in [0.15, 0.2) is 24.3 Å². The highest BCUT2D eigenvalue weighted by Gasteiger charge is 1.98. The number of hydrogen-bond acceptors (Lipinski definition) is 2. The van der Waals surface area contributed by atoms with Crippen molar-refractivity contribution in [2.24, 2.45) is 0 Å². The Morgan fingerprint density at radius 1 is 1.27 bits per heavy atom. The van der Waals surface area contributed by atoms with Crippen LogP contribution in [0.1, 0.15) is 5.56 Å². The first kappa shape index (κ1) is 11.4. The molecule has 1 heterocycles. The summed E-state index contributed by atoms with van der Waals surface area (Å²) in [6.07, 6.45) is 0. The molecule has 1 saturated heterocycles. The lowest BCUT2D eigenvalue weighted by Gasteiger charge is -1.97. The second kappa shape index (κ2) is 5.90. The number of methoxy groups -OCH3 is 1. The van der Waals surface area contributed by atoms with Crippen LogP contribution < -0.4 is 15.4 Å². The highest BCUT2D eigenvalue weighted by atomic mass is 16.5. The normalized spacial score (nSPS) is 13.3. The van der Waals surface area contributed by atoms with E-state index in [9.17, 15) is 0 Å². The van der Waals surface area contributed by atoms with Crippen LogP contribution in [0.25, 0.3) is 0 Å². The largest absolute Gasteiger partial charge is 0.497 e. The summed E-state index contributed by atoms with van der Waals surface area (Å²) < 4.78 is 5.00. The topological polar surface area (TPSA) is 57.1 Å². The lowest BCUT2D eigenvalue weighted by molar-refractivity contribution is 0.414. The van der Waals surface area contributed by atoms with Gasteiger partial charge in [-0.3, -0.25) is 5.41 Å². The van der Waals surface area contributed by atoms with E-state index in [1.807, 2.05) is 31.2 Å². The summed E-state index contributed by atoms with van der Waals surface area (Å²) in [6, 6.07) is 7.96. The fourth-order valence-corrected chi connectivity index (χ4v) is 1.18. The standard InChI is InChI=1S/C8H10O.C3H7N3/c1-7-4-3-5-8(6-7)9-2;4-3-5-1-2-6-3/h3-6H,1-2H3;1-2H2,(H3,4,5,6). The molecule has 1 aliphatic rings. The maximum atomic E-state index is 6.83. The molecule has 2 rings (SSSR count). The van der Waals surface area contributed by atoms with Crippen molar-refractivity contribution in [1.29, 1.82) is 5.41 Å². The molecule has 0 aliphatic carbocycles. The molecule has 3 N–H and O–H groups in total. The molecule has 0 bridgehead atoms. The number of rotatable bonds is 1. The number of benzene rings is 1. The Bertz CT molecular complexity index is 317. The lowest BCUT2D eigenvalue weighted by atomic mass is 10.2. The second-order valence-corrected chi connectivity index (χ2v) is 3.25. The zero-order valence-corrected chi connectivity index (χ0v) is 9.13. The molecule has 1 fully saturated rings. The van der Waals surface area contributed by atoms with E-state index in [2.05, 4.69) is 10.6 Å². The van der Waals surface area contributed by atoms with Crippen molar-refractivity contribution in [3.05, 3.63) is 29.8 Å². The first-order chi connectivity index (χ1) is 7.22. The Balaban J connectivity index is 0.000000162. The Labute approximate surface area is 90.2 Å². The molecule has 0 atom stereocenters. The molecule has 1 aromatic rings. The average Bonchev–Trinajstić information content (AvgIpc) is 2.70. The highest BCUT2D eigenvalue weighted by Crippen LogP contribution is 2.10. The van der Waals surface area contributed by atoms with Crippen molar-refractivity contribution in [1.82, 2.24) is 10.6 Å². The van der Waals surface area contributed by atoms with E-state index in [1.54, 1.807) is 7.11 Å². The summed E-state index contributed by atoms with van der Waals surface area (Å²) >= 11 is 0. The monoisotopic (exact) mass is 207 g/mol. The van der Waals surface area contributed by atoms with Gasteiger partial charge in [-0.15, -0.1) is 0 Å². The van der Waals surface area contributed by atoms with Crippen molar-refractivity contribution < 1.29 is 4.74 Å². The van der Waals surface area contributed by atoms with Crippen molar-refractivity contribution in [3.63, 3.8) is 0 Å². The predicted molar refractivity (Wildman–Crippen MR) is 61.5 cm³/mol. The molecule has 0 spiro atoms. The third-order valence-corrected chi connectivity index (χ3v) is 1.95. The quantitative estimate of drug-likeness (QED) is 0.646. The number of nitrogens with one attached hydrogen (secondary N) is 3. The first-order valence-electron chi connectivity index (χ1n) is 4.89. The summed E-state index contributed by atoms with van der Waals surface area (Å²) in [4.78, 5) is 0. The van der Waals surface area contributed by atoms with Crippen LogP contribution in [-0.4, -0.2) is 26.2 Å². The van der Waals surface area contributed by atoms with Crippen LogP contribution in [0.4, 0.5) is 0 Å². The molecule has 0 unspecified atom stereocenters. The van der Waals surface area contributed by atoms with Gasteiger partial charge in [-0.05, 0) is 24.6 Å². The molecule has 1 aliphatic heterocycles. The fourth-order valence-electron chi connectivity index (χ4n) is 1.18. The van der Waals surface area contributed by atoms with E-state index in [-0.39, 0.29) is 0 Å². The van der Waals surface area contributed by atoms with Crippen LogP contribution in [0.2, 0.25) is 0 Å². The Kier molecular flexibility index (Phi) is 4.47. The Morgan fingerprint density at radius 2 is 1.93 bits per heavy atom. The molecule has 0 radical (unpaired) electrons. The van der Waals surface area contributed by atoms with Crippen molar-refractivity contribution >= 4 is 5.96 Å². The third kappa shape index (κ3) is 4.35. The van der Waals surface area contributed by atoms with Gasteiger partial charge in [0.25, 0.3) is 0 Å². The van der Waals surface area contributed by atoms with Crippen LogP contribution in [0, 0.1) is 12.3 Å². The number of hydrogen-bond donors (Lipinski definition) is 3. The predicted octanol–water partition coefficient (Wildman–Crippen LogP) is 1.12. The minimum Gasteiger partial charge on any atom is -0.497 e. The van der Waals surface area contributed by atoms with Crippen LogP contribution in [0.5, 0.6) is 5.75 Å². The van der Waals surface area contributed by atoms with E-state index in [1.165, 1.54) is 5.56 Å². The van der Waals surface area contributed by atoms with E-state index in [0.717, 1.165) is 18.8 Å². The maximum absolute atomic E-state index is 6.83. The van der Waals surface area contributed by atoms with Gasteiger partial charge in [0.05, 0.1) is 7.11 Å². The smallest absolute Gasteiger partial charge is 0.188 e. The number of aryl methyl sites for hydroxylation is 1.